The molecule has 0 saturated heterocycles. The number of halogens is 5. The Labute approximate surface area is 202 Å². The van der Waals surface area contributed by atoms with Crippen molar-refractivity contribution in [1.82, 2.24) is 14.2 Å². The first-order valence-electron chi connectivity index (χ1n) is 9.32. The summed E-state index contributed by atoms with van der Waals surface area (Å²) in [6.45, 7) is 3.14. The molecule has 7 nitrogen and oxygen atoms in total. The summed E-state index contributed by atoms with van der Waals surface area (Å²) in [5.74, 6) is 4.04. The molecule has 3 rings (SSSR count). The van der Waals surface area contributed by atoms with Crippen LogP contribution in [0.2, 0.25) is 5.02 Å². The fourth-order valence-corrected chi connectivity index (χ4v) is 4.87. The molecule has 0 bridgehead atoms. The zero-order valence-corrected chi connectivity index (χ0v) is 19.8. The molecule has 2 heterocycles. The standard InChI is InChI=1S/C20H15ClF4N4O3S2/c1-9(30)10(2)33-18-14(4-3-5-27-18)34-15-7-13(12(22)6-11(15)21)28-17(31)8-16(20(23,24)25)29(26)19(28)32/h3-8,10H,26H2,1-2H3. The summed E-state index contributed by atoms with van der Waals surface area (Å²) in [6, 6.07) is 5.26. The van der Waals surface area contributed by atoms with Gasteiger partial charge in [0.15, 0.2) is 5.69 Å². The summed E-state index contributed by atoms with van der Waals surface area (Å²) >= 11 is 8.35. The van der Waals surface area contributed by atoms with Gasteiger partial charge in [0.25, 0.3) is 5.56 Å². The highest BCUT2D eigenvalue weighted by Gasteiger charge is 2.36. The van der Waals surface area contributed by atoms with E-state index in [1.165, 1.54) is 24.9 Å². The fraction of sp³-hybridized carbons (Fsp3) is 0.200. The minimum Gasteiger partial charge on any atom is -0.335 e. The van der Waals surface area contributed by atoms with Crippen molar-refractivity contribution in [2.45, 2.75) is 40.1 Å². The van der Waals surface area contributed by atoms with Gasteiger partial charge < -0.3 is 5.84 Å². The van der Waals surface area contributed by atoms with Crippen molar-refractivity contribution in [2.75, 3.05) is 5.84 Å². The molecular weight excluding hydrogens is 520 g/mol. The van der Waals surface area contributed by atoms with Crippen molar-refractivity contribution in [3.05, 3.63) is 73.9 Å². The van der Waals surface area contributed by atoms with E-state index in [4.69, 9.17) is 17.4 Å². The Bertz CT molecular complexity index is 1390. The van der Waals surface area contributed by atoms with Gasteiger partial charge in [0.05, 0.1) is 16.0 Å². The minimum absolute atomic E-state index is 0.0755. The highest BCUT2D eigenvalue weighted by molar-refractivity contribution is 8.03. The van der Waals surface area contributed by atoms with E-state index in [2.05, 4.69) is 4.98 Å². The molecule has 0 saturated carbocycles. The molecule has 2 aromatic heterocycles. The maximum absolute atomic E-state index is 14.7. The van der Waals surface area contributed by atoms with Crippen molar-refractivity contribution < 1.29 is 22.4 Å². The first kappa shape index (κ1) is 25.8. The molecule has 14 heteroatoms. The fourth-order valence-electron chi connectivity index (χ4n) is 2.68. The van der Waals surface area contributed by atoms with E-state index in [1.807, 2.05) is 0 Å². The molecule has 0 radical (unpaired) electrons. The first-order chi connectivity index (χ1) is 15.8. The number of hydrogen-bond donors (Lipinski definition) is 1. The number of alkyl halides is 3. The molecule has 3 aromatic rings. The lowest BCUT2D eigenvalue weighted by Gasteiger charge is -2.15. The second-order valence-electron chi connectivity index (χ2n) is 6.87. The monoisotopic (exact) mass is 534 g/mol. The predicted molar refractivity (Wildman–Crippen MR) is 121 cm³/mol. The van der Waals surface area contributed by atoms with E-state index in [-0.39, 0.29) is 31.0 Å². The number of aromatic nitrogens is 3. The van der Waals surface area contributed by atoms with E-state index in [9.17, 15) is 31.9 Å². The van der Waals surface area contributed by atoms with Gasteiger partial charge in [0.2, 0.25) is 0 Å². The molecule has 0 aliphatic carbocycles. The molecule has 1 unspecified atom stereocenters. The zero-order valence-electron chi connectivity index (χ0n) is 17.4. The molecule has 2 N–H and O–H groups in total. The lowest BCUT2D eigenvalue weighted by atomic mass is 10.3. The normalized spacial score (nSPS) is 12.6. The third-order valence-corrected chi connectivity index (χ3v) is 7.38. The van der Waals surface area contributed by atoms with Crippen molar-refractivity contribution >= 4 is 40.9 Å². The van der Waals surface area contributed by atoms with Crippen molar-refractivity contribution in [2.24, 2.45) is 0 Å². The van der Waals surface area contributed by atoms with Crippen LogP contribution in [0.1, 0.15) is 19.5 Å². The Balaban J connectivity index is 2.12. The van der Waals surface area contributed by atoms with Crippen LogP contribution in [0.3, 0.4) is 0 Å². The van der Waals surface area contributed by atoms with Crippen LogP contribution in [0.4, 0.5) is 17.6 Å². The molecule has 0 aliphatic heterocycles. The van der Waals surface area contributed by atoms with Gasteiger partial charge >= 0.3 is 11.9 Å². The average molecular weight is 535 g/mol. The molecule has 0 amide bonds. The molecule has 1 aromatic carbocycles. The molecule has 180 valence electrons. The van der Waals surface area contributed by atoms with Gasteiger partial charge in [0, 0.05) is 22.1 Å². The Morgan fingerprint density at radius 1 is 1.21 bits per heavy atom. The zero-order chi connectivity index (χ0) is 25.4. The van der Waals surface area contributed by atoms with E-state index in [0.29, 0.717) is 9.92 Å². The predicted octanol–water partition coefficient (Wildman–Crippen LogP) is 4.14. The summed E-state index contributed by atoms with van der Waals surface area (Å²) in [5, 5.41) is -0.00546. The summed E-state index contributed by atoms with van der Waals surface area (Å²) in [6.07, 6.45) is -3.56. The van der Waals surface area contributed by atoms with Crippen LogP contribution in [0, 0.1) is 5.82 Å². The van der Waals surface area contributed by atoms with Gasteiger partial charge in [0.1, 0.15) is 16.6 Å². The van der Waals surface area contributed by atoms with Crippen LogP contribution in [0.25, 0.3) is 5.69 Å². The molecule has 0 aliphatic rings. The Kier molecular flexibility index (Phi) is 7.48. The van der Waals surface area contributed by atoms with Crippen molar-refractivity contribution in [3.63, 3.8) is 0 Å². The van der Waals surface area contributed by atoms with Crippen LogP contribution >= 0.6 is 35.1 Å². The van der Waals surface area contributed by atoms with E-state index >= 15 is 0 Å². The van der Waals surface area contributed by atoms with Crippen LogP contribution in [-0.2, 0) is 11.0 Å². The van der Waals surface area contributed by atoms with Gasteiger partial charge in [-0.15, -0.1) is 0 Å². The van der Waals surface area contributed by atoms with Gasteiger partial charge in [-0.1, -0.05) is 35.1 Å². The quantitative estimate of drug-likeness (QED) is 0.288. The third kappa shape index (κ3) is 5.31. The minimum atomic E-state index is -5.07. The number of benzene rings is 1. The third-order valence-electron chi connectivity index (χ3n) is 4.49. The topological polar surface area (TPSA) is 100.0 Å². The van der Waals surface area contributed by atoms with Crippen molar-refractivity contribution in [1.29, 1.82) is 0 Å². The van der Waals surface area contributed by atoms with Gasteiger partial charge in [-0.2, -0.15) is 13.2 Å². The number of hydrogen-bond acceptors (Lipinski definition) is 7. The number of carbonyl (C=O) groups excluding carboxylic acids is 1. The highest BCUT2D eigenvalue weighted by atomic mass is 35.5. The molecule has 0 spiro atoms. The van der Waals surface area contributed by atoms with Crippen LogP contribution in [-0.4, -0.2) is 25.3 Å². The number of carbonyl (C=O) groups is 1. The van der Waals surface area contributed by atoms with Crippen molar-refractivity contribution in [3.8, 4) is 5.69 Å². The molecular formula is C20H15ClF4N4O3S2. The summed E-state index contributed by atoms with van der Waals surface area (Å²) in [5.41, 5.74) is -5.33. The summed E-state index contributed by atoms with van der Waals surface area (Å²) in [7, 11) is 0. The number of pyridine rings is 1. The maximum Gasteiger partial charge on any atom is 0.433 e. The lowest BCUT2D eigenvalue weighted by molar-refractivity contribution is -0.143. The Hall–Kier alpha value is -2.77. The Morgan fingerprint density at radius 3 is 2.50 bits per heavy atom. The summed E-state index contributed by atoms with van der Waals surface area (Å²) in [4.78, 5) is 41.4. The maximum atomic E-state index is 14.7. The molecule has 1 atom stereocenters. The smallest absolute Gasteiger partial charge is 0.335 e. The van der Waals surface area contributed by atoms with Gasteiger partial charge in [-0.05, 0) is 38.1 Å². The largest absolute Gasteiger partial charge is 0.433 e. The van der Waals surface area contributed by atoms with Gasteiger partial charge in [-0.25, -0.2) is 23.4 Å². The SMILES string of the molecule is CC(=O)C(C)Sc1ncccc1Sc1cc(-n2c(=O)cc(C(F)(F)F)n(N)c2=O)c(F)cc1Cl. The second-order valence-corrected chi connectivity index (χ2v) is 9.69. The summed E-state index contributed by atoms with van der Waals surface area (Å²) < 4.78 is 53.8. The van der Waals surface area contributed by atoms with Crippen LogP contribution in [0.15, 0.2) is 60.9 Å². The van der Waals surface area contributed by atoms with Crippen LogP contribution < -0.4 is 17.1 Å². The van der Waals surface area contributed by atoms with Crippen LogP contribution in [0.5, 0.6) is 0 Å². The Morgan fingerprint density at radius 2 is 1.88 bits per heavy atom. The average Bonchev–Trinajstić information content (AvgIpc) is 2.74. The number of nitrogen functional groups attached to an aromatic ring is 1. The first-order valence-corrected chi connectivity index (χ1v) is 11.4. The van der Waals surface area contributed by atoms with Gasteiger partial charge in [-0.3, -0.25) is 9.59 Å². The van der Waals surface area contributed by atoms with E-state index in [1.54, 1.807) is 19.1 Å². The molecule has 34 heavy (non-hydrogen) atoms. The van der Waals surface area contributed by atoms with E-state index < -0.39 is 39.9 Å². The number of rotatable bonds is 6. The lowest BCUT2D eigenvalue weighted by Crippen LogP contribution is -2.45. The number of thioether (sulfide) groups is 1. The molecule has 0 fully saturated rings. The number of nitrogens with two attached hydrogens (primary N) is 1. The number of Topliss-reactive ketones (excluding diaryl/α,β-unsaturated/α-hetero) is 1. The number of nitrogens with zero attached hydrogens (tertiary/aromatic N) is 3. The van der Waals surface area contributed by atoms with E-state index in [0.717, 1.165) is 23.9 Å². The number of ketones is 1. The second kappa shape index (κ2) is 9.84. The highest BCUT2D eigenvalue weighted by Crippen LogP contribution is 2.40.